The van der Waals surface area contributed by atoms with Crippen LogP contribution in [0.4, 0.5) is 4.79 Å². The van der Waals surface area contributed by atoms with Crippen LogP contribution in [-0.4, -0.2) is 93.7 Å². The van der Waals surface area contributed by atoms with Gasteiger partial charge in [0.2, 0.25) is 0 Å². The van der Waals surface area contributed by atoms with Crippen molar-refractivity contribution in [3.63, 3.8) is 0 Å². The zero-order valence-corrected chi connectivity index (χ0v) is 12.4. The minimum absolute atomic E-state index is 0.0580. The lowest BCUT2D eigenvalue weighted by Gasteiger charge is -2.39. The SMILES string of the molecule is O=CO[C@@H](N1CCN(C(=O)N2CCOCC2)CC1)[SH](=O)=O. The third-order valence-corrected chi connectivity index (χ3v) is 4.35. The van der Waals surface area contributed by atoms with Crippen molar-refractivity contribution in [1.29, 1.82) is 0 Å². The van der Waals surface area contributed by atoms with Gasteiger partial charge in [-0.2, -0.15) is 0 Å². The van der Waals surface area contributed by atoms with Crippen molar-refractivity contribution in [2.45, 2.75) is 5.56 Å². The van der Waals surface area contributed by atoms with E-state index < -0.39 is 16.3 Å². The molecule has 9 nitrogen and oxygen atoms in total. The van der Waals surface area contributed by atoms with Crippen molar-refractivity contribution in [2.75, 3.05) is 52.5 Å². The van der Waals surface area contributed by atoms with Gasteiger partial charge < -0.3 is 19.3 Å². The Morgan fingerprint density at radius 1 is 1.05 bits per heavy atom. The quantitative estimate of drug-likeness (QED) is 0.478. The molecule has 0 spiro atoms. The Kier molecular flexibility index (Phi) is 5.76. The fourth-order valence-electron chi connectivity index (χ4n) is 2.41. The van der Waals surface area contributed by atoms with Crippen LogP contribution in [0.25, 0.3) is 0 Å². The van der Waals surface area contributed by atoms with Crippen molar-refractivity contribution >= 4 is 23.2 Å². The molecule has 21 heavy (non-hydrogen) atoms. The third-order valence-electron chi connectivity index (χ3n) is 3.54. The molecule has 1 atom stereocenters. The number of carbonyl (C=O) groups excluding carboxylic acids is 2. The van der Waals surface area contributed by atoms with E-state index in [1.54, 1.807) is 9.80 Å². The van der Waals surface area contributed by atoms with Crippen molar-refractivity contribution in [3.05, 3.63) is 0 Å². The molecule has 10 heteroatoms. The average Bonchev–Trinajstić information content (AvgIpc) is 2.53. The molecule has 0 unspecified atom stereocenters. The number of amides is 2. The lowest BCUT2D eigenvalue weighted by Crippen LogP contribution is -2.56. The van der Waals surface area contributed by atoms with Crippen LogP contribution in [-0.2, 0) is 25.0 Å². The summed E-state index contributed by atoms with van der Waals surface area (Å²) >= 11 is 0. The van der Waals surface area contributed by atoms with Crippen LogP contribution >= 0.6 is 0 Å². The van der Waals surface area contributed by atoms with Crippen LogP contribution < -0.4 is 0 Å². The average molecular weight is 321 g/mol. The largest absolute Gasteiger partial charge is 0.434 e. The Bertz CT molecular complexity index is 435. The van der Waals surface area contributed by atoms with E-state index in [0.29, 0.717) is 52.5 Å². The number of nitrogens with zero attached hydrogens (tertiary/aromatic N) is 3. The Morgan fingerprint density at radius 3 is 2.14 bits per heavy atom. The summed E-state index contributed by atoms with van der Waals surface area (Å²) in [6, 6.07) is -0.0580. The molecule has 0 aromatic carbocycles. The van der Waals surface area contributed by atoms with E-state index in [9.17, 15) is 18.0 Å². The summed E-state index contributed by atoms with van der Waals surface area (Å²) in [6.07, 6.45) is 0. The highest BCUT2D eigenvalue weighted by atomic mass is 32.2. The molecular formula is C11H19N3O6S. The number of hydrogen-bond acceptors (Lipinski definition) is 7. The topological polar surface area (TPSA) is 96.5 Å². The molecule has 0 aromatic rings. The molecule has 2 aliphatic rings. The number of rotatable bonds is 4. The predicted molar refractivity (Wildman–Crippen MR) is 72.2 cm³/mol. The van der Waals surface area contributed by atoms with Crippen LogP contribution in [0.2, 0.25) is 0 Å². The number of morpholine rings is 1. The first-order valence-corrected chi connectivity index (χ1v) is 7.96. The van der Waals surface area contributed by atoms with Gasteiger partial charge in [0.1, 0.15) is 0 Å². The van der Waals surface area contributed by atoms with E-state index >= 15 is 0 Å². The van der Waals surface area contributed by atoms with Crippen LogP contribution in [0.1, 0.15) is 0 Å². The number of hydrogen-bond donors (Lipinski definition) is 1. The van der Waals surface area contributed by atoms with Gasteiger partial charge in [0, 0.05) is 39.3 Å². The second kappa shape index (κ2) is 7.57. The van der Waals surface area contributed by atoms with E-state index in [-0.39, 0.29) is 12.5 Å². The number of urea groups is 1. The van der Waals surface area contributed by atoms with Gasteiger partial charge >= 0.3 is 6.03 Å². The van der Waals surface area contributed by atoms with Crippen molar-refractivity contribution in [1.82, 2.24) is 14.7 Å². The molecule has 2 aliphatic heterocycles. The molecule has 0 aromatic heterocycles. The summed E-state index contributed by atoms with van der Waals surface area (Å²) < 4.78 is 31.9. The normalized spacial score (nSPS) is 22.1. The summed E-state index contributed by atoms with van der Waals surface area (Å²) in [5, 5.41) is 0. The minimum atomic E-state index is -2.89. The van der Waals surface area contributed by atoms with Gasteiger partial charge in [0.25, 0.3) is 12.0 Å². The standard InChI is InChI=1S/C11H19N3O6S/c15-9-20-11(21(17)18)14-3-1-12(2-4-14)10(16)13-5-7-19-8-6-13/h9,11,21H,1-8H2/t11-/m1/s1. The zero-order valence-electron chi connectivity index (χ0n) is 11.5. The summed E-state index contributed by atoms with van der Waals surface area (Å²) in [4.78, 5) is 27.5. The number of piperazine rings is 1. The lowest BCUT2D eigenvalue weighted by molar-refractivity contribution is -0.137. The summed E-state index contributed by atoms with van der Waals surface area (Å²) in [6.45, 7) is 3.84. The highest BCUT2D eigenvalue weighted by molar-refractivity contribution is 7.72. The molecule has 2 saturated heterocycles. The second-order valence-electron chi connectivity index (χ2n) is 4.75. The van der Waals surface area contributed by atoms with Crippen LogP contribution in [0.3, 0.4) is 0 Å². The maximum atomic E-state index is 12.3. The van der Waals surface area contributed by atoms with Crippen LogP contribution in [0.5, 0.6) is 0 Å². The van der Waals surface area contributed by atoms with Gasteiger partial charge in [-0.15, -0.1) is 0 Å². The minimum Gasteiger partial charge on any atom is -0.434 e. The van der Waals surface area contributed by atoms with E-state index in [0.717, 1.165) is 0 Å². The molecule has 0 bridgehead atoms. The Morgan fingerprint density at radius 2 is 1.62 bits per heavy atom. The monoisotopic (exact) mass is 321 g/mol. The highest BCUT2D eigenvalue weighted by Gasteiger charge is 2.30. The summed E-state index contributed by atoms with van der Waals surface area (Å²) in [5.74, 6) is 0. The van der Waals surface area contributed by atoms with Crippen molar-refractivity contribution in [2.24, 2.45) is 0 Å². The molecule has 2 amide bonds. The number of thiol groups is 1. The number of carbonyl (C=O) groups is 2. The van der Waals surface area contributed by atoms with Crippen molar-refractivity contribution in [3.8, 4) is 0 Å². The van der Waals surface area contributed by atoms with E-state index in [1.807, 2.05) is 0 Å². The molecular weight excluding hydrogens is 302 g/mol. The molecule has 0 N–H and O–H groups in total. The molecule has 0 radical (unpaired) electrons. The first kappa shape index (κ1) is 16.0. The first-order chi connectivity index (χ1) is 10.1. The van der Waals surface area contributed by atoms with Crippen LogP contribution in [0, 0.1) is 0 Å². The van der Waals surface area contributed by atoms with Gasteiger partial charge in [-0.3, -0.25) is 9.69 Å². The lowest BCUT2D eigenvalue weighted by atomic mass is 10.3. The molecule has 2 fully saturated rings. The maximum Gasteiger partial charge on any atom is 0.320 e. The van der Waals surface area contributed by atoms with Gasteiger partial charge in [0.15, 0.2) is 10.7 Å². The molecule has 0 saturated carbocycles. The maximum absolute atomic E-state index is 12.3. The van der Waals surface area contributed by atoms with Gasteiger partial charge in [-0.25, -0.2) is 13.2 Å². The van der Waals surface area contributed by atoms with Gasteiger partial charge in [-0.05, 0) is 0 Å². The van der Waals surface area contributed by atoms with Crippen molar-refractivity contribution < 1.29 is 27.5 Å². The summed E-state index contributed by atoms with van der Waals surface area (Å²) in [5.41, 5.74) is -1.25. The van der Waals surface area contributed by atoms with Gasteiger partial charge in [0.05, 0.1) is 13.2 Å². The molecule has 120 valence electrons. The smallest absolute Gasteiger partial charge is 0.320 e. The summed E-state index contributed by atoms with van der Waals surface area (Å²) in [7, 11) is -2.89. The van der Waals surface area contributed by atoms with Gasteiger partial charge in [-0.1, -0.05) is 0 Å². The Hall–Kier alpha value is -1.39. The fraction of sp³-hybridized carbons (Fsp3) is 0.818. The first-order valence-electron chi connectivity index (χ1n) is 6.71. The third kappa shape index (κ3) is 4.05. The van der Waals surface area contributed by atoms with E-state index in [2.05, 4.69) is 4.74 Å². The molecule has 2 rings (SSSR count). The highest BCUT2D eigenvalue weighted by Crippen LogP contribution is 2.11. The van der Waals surface area contributed by atoms with E-state index in [1.165, 1.54) is 4.90 Å². The van der Waals surface area contributed by atoms with Crippen LogP contribution in [0.15, 0.2) is 0 Å². The predicted octanol–water partition coefficient (Wildman–Crippen LogP) is -1.88. The van der Waals surface area contributed by atoms with E-state index in [4.69, 9.17) is 4.74 Å². The molecule has 2 heterocycles. The Balaban J connectivity index is 1.87. The Labute approximate surface area is 124 Å². The zero-order chi connectivity index (χ0) is 15.2. The molecule has 0 aliphatic carbocycles. The fourth-order valence-corrected chi connectivity index (χ4v) is 3.05. The second-order valence-corrected chi connectivity index (χ2v) is 5.76. The number of ether oxygens (including phenoxy) is 2.